The Bertz CT molecular complexity index is 648. The Balaban J connectivity index is 5.92. The third-order valence-electron chi connectivity index (χ3n) is 3.72. The van der Waals surface area contributed by atoms with Gasteiger partial charge in [0, 0.05) is 0 Å². The van der Waals surface area contributed by atoms with Crippen LogP contribution in [0, 0.1) is 0 Å². The first-order valence-corrected chi connectivity index (χ1v) is 12.1. The van der Waals surface area contributed by atoms with Crippen LogP contribution >= 0.6 is 47.8 Å². The average Bonchev–Trinajstić information content (AvgIpc) is 2.66. The molecule has 0 bridgehead atoms. The summed E-state index contributed by atoms with van der Waals surface area (Å²) in [5.41, 5.74) is -1.64. The van der Waals surface area contributed by atoms with Crippen molar-refractivity contribution < 1.29 is 42.9 Å². The molecule has 13 heteroatoms. The van der Waals surface area contributed by atoms with Gasteiger partial charge in [-0.05, 0) is 41.5 Å². The second-order valence-electron chi connectivity index (χ2n) is 8.66. The van der Waals surface area contributed by atoms with Gasteiger partial charge in [-0.2, -0.15) is 0 Å². The Kier molecular flexibility index (Phi) is 12.7. The quantitative estimate of drug-likeness (QED) is 0.0973. The molecule has 0 aliphatic rings. The van der Waals surface area contributed by atoms with Gasteiger partial charge in [0.25, 0.3) is 0 Å². The number of alkyl halides is 3. The molecule has 0 aromatic carbocycles. The summed E-state index contributed by atoms with van der Waals surface area (Å²) in [5, 5.41) is 2.55. The van der Waals surface area contributed by atoms with E-state index >= 15 is 0 Å². The molecule has 0 rings (SSSR count). The lowest BCUT2D eigenvalue weighted by Crippen LogP contribution is -2.61. The number of nitrogens with one attached hydrogen (secondary N) is 1. The molecule has 0 aliphatic carbocycles. The number of rotatable bonds is 14. The minimum Gasteiger partial charge on any atom is -0.462 e. The van der Waals surface area contributed by atoms with Crippen LogP contribution in [0.4, 0.5) is 0 Å². The fourth-order valence-electron chi connectivity index (χ4n) is 1.89. The van der Waals surface area contributed by atoms with Crippen LogP contribution in [0.25, 0.3) is 0 Å². The summed E-state index contributed by atoms with van der Waals surface area (Å²) in [4.78, 5) is 59.9. The monoisotopic (exact) mass is 665 g/mol. The number of hydrogen-bond donors (Lipinski definition) is 1. The maximum absolute atomic E-state index is 12.5. The first kappa shape index (κ1) is 31.9. The highest BCUT2D eigenvalue weighted by Crippen LogP contribution is 2.23. The fraction of sp³-hybridized carbons (Fsp3) is 0.750. The lowest BCUT2D eigenvalue weighted by molar-refractivity contribution is -0.161. The molecule has 190 valence electrons. The van der Waals surface area contributed by atoms with E-state index in [2.05, 4.69) is 53.1 Å². The minimum absolute atomic E-state index is 0.313. The van der Waals surface area contributed by atoms with Crippen molar-refractivity contribution in [3.8, 4) is 0 Å². The summed E-state index contributed by atoms with van der Waals surface area (Å²) in [6, 6.07) is 0. The summed E-state index contributed by atoms with van der Waals surface area (Å²) in [5.74, 6) is -2.72. The van der Waals surface area contributed by atoms with Crippen LogP contribution in [0.5, 0.6) is 0 Å². The third-order valence-corrected chi connectivity index (χ3v) is 4.69. The van der Waals surface area contributed by atoms with E-state index in [0.717, 1.165) is 0 Å². The van der Waals surface area contributed by atoms with E-state index in [1.807, 2.05) is 0 Å². The zero-order valence-electron chi connectivity index (χ0n) is 19.4. The Morgan fingerprint density at radius 1 is 0.727 bits per heavy atom. The highest BCUT2D eigenvalue weighted by molar-refractivity contribution is 9.10. The van der Waals surface area contributed by atoms with Crippen LogP contribution in [-0.2, 0) is 42.9 Å². The van der Waals surface area contributed by atoms with E-state index in [-0.39, 0.29) is 6.61 Å². The number of carbonyl (C=O) groups excluding carboxylic acids is 5. The van der Waals surface area contributed by atoms with Gasteiger partial charge in [-0.25, -0.2) is 0 Å². The normalized spacial score (nSPS) is 12.5. The van der Waals surface area contributed by atoms with Gasteiger partial charge in [0.2, 0.25) is 5.91 Å². The zero-order chi connectivity index (χ0) is 26.1. The average molecular weight is 668 g/mol. The molecule has 0 radical (unpaired) electrons. The van der Waals surface area contributed by atoms with Gasteiger partial charge in [0.1, 0.15) is 57.8 Å². The Labute approximate surface area is 218 Å². The molecule has 0 fully saturated rings. The number of carbonyl (C=O) groups is 5. The second kappa shape index (κ2) is 13.1. The number of amides is 1. The van der Waals surface area contributed by atoms with Crippen molar-refractivity contribution in [1.29, 1.82) is 0 Å². The van der Waals surface area contributed by atoms with Crippen molar-refractivity contribution in [1.82, 2.24) is 5.32 Å². The van der Waals surface area contributed by atoms with E-state index in [9.17, 15) is 24.0 Å². The molecule has 33 heavy (non-hydrogen) atoms. The van der Waals surface area contributed by atoms with Crippen molar-refractivity contribution in [2.75, 3.05) is 33.0 Å². The highest BCUT2D eigenvalue weighted by atomic mass is 79.9. The fourth-order valence-corrected chi connectivity index (χ4v) is 2.23. The van der Waals surface area contributed by atoms with Crippen molar-refractivity contribution in [3.63, 3.8) is 0 Å². The van der Waals surface area contributed by atoms with Gasteiger partial charge in [-0.3, -0.25) is 19.2 Å². The van der Waals surface area contributed by atoms with Crippen molar-refractivity contribution in [2.45, 2.75) is 60.1 Å². The molecular formula is C20H30Br3NO9. The predicted octanol–water partition coefficient (Wildman–Crippen LogP) is 2.21. The molecule has 1 N–H and O–H groups in total. The number of aldehydes is 1. The molecule has 0 aromatic heterocycles. The van der Waals surface area contributed by atoms with E-state index in [0.29, 0.717) is 6.29 Å². The van der Waals surface area contributed by atoms with Crippen LogP contribution in [-0.4, -0.2) is 81.6 Å². The number of halogens is 3. The molecule has 0 aliphatic heterocycles. The smallest absolute Gasteiger partial charge is 0.322 e. The second-order valence-corrected chi connectivity index (χ2v) is 14.6. The minimum atomic E-state index is -1.64. The SMILES string of the molecule is CC(C)(Br)C(=O)OCC(COC(=O)C(C)(C)Br)(COC(=O)C(C)(C)Br)NC(=O)COCC=O. The molecule has 10 nitrogen and oxygen atoms in total. The first-order chi connectivity index (χ1) is 14.8. The lowest BCUT2D eigenvalue weighted by atomic mass is 10.0. The Morgan fingerprint density at radius 2 is 1.06 bits per heavy atom. The van der Waals surface area contributed by atoms with Crippen LogP contribution in [0.3, 0.4) is 0 Å². The molecule has 0 spiro atoms. The molecule has 0 saturated heterocycles. The molecule has 1 amide bonds. The Hall–Kier alpha value is -1.05. The van der Waals surface area contributed by atoms with Crippen molar-refractivity contribution in [2.24, 2.45) is 0 Å². The third kappa shape index (κ3) is 12.8. The number of ether oxygens (including phenoxy) is 4. The Morgan fingerprint density at radius 3 is 1.33 bits per heavy atom. The molecule has 0 unspecified atom stereocenters. The molecule has 0 saturated carbocycles. The molecule has 0 aromatic rings. The van der Waals surface area contributed by atoms with Gasteiger partial charge in [-0.1, -0.05) is 47.8 Å². The van der Waals surface area contributed by atoms with Crippen molar-refractivity contribution >= 4 is 77.9 Å². The van der Waals surface area contributed by atoms with E-state index in [4.69, 9.17) is 18.9 Å². The largest absolute Gasteiger partial charge is 0.462 e. The highest BCUT2D eigenvalue weighted by Gasteiger charge is 2.41. The van der Waals surface area contributed by atoms with Crippen LogP contribution in [0.1, 0.15) is 41.5 Å². The summed E-state index contributed by atoms with van der Waals surface area (Å²) in [7, 11) is 0. The number of esters is 3. The van der Waals surface area contributed by atoms with Crippen LogP contribution in [0.15, 0.2) is 0 Å². The summed E-state index contributed by atoms with van der Waals surface area (Å²) < 4.78 is 17.8. The molecule has 0 heterocycles. The summed E-state index contributed by atoms with van der Waals surface area (Å²) >= 11 is 9.55. The lowest BCUT2D eigenvalue weighted by Gasteiger charge is -2.35. The summed E-state index contributed by atoms with van der Waals surface area (Å²) in [6.45, 7) is 7.05. The maximum Gasteiger partial charge on any atom is 0.322 e. The van der Waals surface area contributed by atoms with Crippen LogP contribution < -0.4 is 5.32 Å². The van der Waals surface area contributed by atoms with E-state index in [1.165, 1.54) is 0 Å². The number of hydrogen-bond acceptors (Lipinski definition) is 9. The van der Waals surface area contributed by atoms with Crippen molar-refractivity contribution in [3.05, 3.63) is 0 Å². The predicted molar refractivity (Wildman–Crippen MR) is 130 cm³/mol. The van der Waals surface area contributed by atoms with E-state index < -0.39 is 68.8 Å². The zero-order valence-corrected chi connectivity index (χ0v) is 24.2. The molecule has 0 atom stereocenters. The van der Waals surface area contributed by atoms with Gasteiger partial charge in [0.15, 0.2) is 0 Å². The van der Waals surface area contributed by atoms with E-state index in [1.54, 1.807) is 41.5 Å². The van der Waals surface area contributed by atoms with Gasteiger partial charge >= 0.3 is 17.9 Å². The van der Waals surface area contributed by atoms with Gasteiger partial charge < -0.3 is 29.1 Å². The van der Waals surface area contributed by atoms with Gasteiger partial charge in [0.05, 0.1) is 0 Å². The molecular weight excluding hydrogens is 638 g/mol. The summed E-state index contributed by atoms with van der Waals surface area (Å²) in [6.07, 6.45) is 0.472. The topological polar surface area (TPSA) is 134 Å². The van der Waals surface area contributed by atoms with Gasteiger partial charge in [-0.15, -0.1) is 0 Å². The standard InChI is InChI=1S/C20H30Br3NO9/c1-17(2,21)14(27)31-10-20(11-32-15(28)18(3,4)22,12-33-16(29)19(5,6)23)24-13(26)9-30-8-7-25/h7H,8-12H2,1-6H3,(H,24,26). The van der Waals surface area contributed by atoms with Crippen LogP contribution in [0.2, 0.25) is 0 Å². The first-order valence-electron chi connectivity index (χ1n) is 9.75. The maximum atomic E-state index is 12.5.